The number of hydrogen-bond donors (Lipinski definition) is 2. The molecule has 0 aromatic heterocycles. The summed E-state index contributed by atoms with van der Waals surface area (Å²) in [4.78, 5) is 21.0. The molecule has 1 aliphatic heterocycles. The number of amides is 1. The zero-order valence-electron chi connectivity index (χ0n) is 25.5. The molecule has 1 heterocycles. The lowest BCUT2D eigenvalue weighted by Gasteiger charge is -2.29. The number of anilines is 1. The van der Waals surface area contributed by atoms with E-state index < -0.39 is 10.1 Å². The second-order valence-electron chi connectivity index (χ2n) is 10.4. The molecule has 1 aromatic carbocycles. The van der Waals surface area contributed by atoms with Crippen molar-refractivity contribution in [1.29, 1.82) is 0 Å². The number of carbonyl (C=O) groups excluding carboxylic acids is 1. The summed E-state index contributed by atoms with van der Waals surface area (Å²) in [5.41, 5.74) is 3.39. The van der Waals surface area contributed by atoms with Gasteiger partial charge >= 0.3 is 0 Å². The van der Waals surface area contributed by atoms with Crippen molar-refractivity contribution in [3.05, 3.63) is 42.1 Å². The Balaban J connectivity index is 1.35. The van der Waals surface area contributed by atoms with Crippen LogP contribution >= 0.6 is 0 Å². The van der Waals surface area contributed by atoms with E-state index in [1.54, 1.807) is 0 Å². The van der Waals surface area contributed by atoms with Crippen LogP contribution in [0.4, 0.5) is 11.4 Å². The standard InChI is InChI=1S/C30H46N4O8S/c1-4-15-39-17-19-41-20-18-40-16-12-31-30(35)7-5-13-33(2)24-8-10-26-28(22-24)42-29-23-25(9-11-27(29)32-26)34(3)14-6-21-43(36,37)38/h8-11,22-23,28H,4-7,12-21H2,1-3H3,(H,31,35)(H,36,37,38). The molecule has 0 fully saturated rings. The molecule has 1 unspecified atom stereocenters. The Labute approximate surface area is 255 Å². The summed E-state index contributed by atoms with van der Waals surface area (Å²) in [6.07, 6.45) is 8.06. The van der Waals surface area contributed by atoms with Gasteiger partial charge in [0.15, 0.2) is 6.10 Å². The van der Waals surface area contributed by atoms with E-state index >= 15 is 0 Å². The van der Waals surface area contributed by atoms with Crippen molar-refractivity contribution < 1.29 is 36.7 Å². The molecule has 12 nitrogen and oxygen atoms in total. The number of rotatable bonds is 21. The summed E-state index contributed by atoms with van der Waals surface area (Å²) in [5.74, 6) is 0.357. The van der Waals surface area contributed by atoms with Crippen molar-refractivity contribution in [3.8, 4) is 5.75 Å². The molecule has 0 saturated heterocycles. The van der Waals surface area contributed by atoms with E-state index in [0.717, 1.165) is 35.8 Å². The number of carbonyl (C=O) groups is 1. The van der Waals surface area contributed by atoms with E-state index in [9.17, 15) is 13.2 Å². The van der Waals surface area contributed by atoms with Crippen LogP contribution in [-0.2, 0) is 29.1 Å². The first-order valence-electron chi connectivity index (χ1n) is 14.8. The minimum atomic E-state index is -3.98. The Bertz CT molecular complexity index is 1230. The van der Waals surface area contributed by atoms with Gasteiger partial charge in [0.25, 0.3) is 10.1 Å². The highest BCUT2D eigenvalue weighted by molar-refractivity contribution is 7.85. The van der Waals surface area contributed by atoms with Crippen LogP contribution in [0.15, 0.2) is 47.1 Å². The predicted molar refractivity (Wildman–Crippen MR) is 167 cm³/mol. The minimum absolute atomic E-state index is 0.00473. The van der Waals surface area contributed by atoms with Gasteiger partial charge in [-0.05, 0) is 49.6 Å². The quantitative estimate of drug-likeness (QED) is 0.155. The Morgan fingerprint density at radius 3 is 2.42 bits per heavy atom. The second-order valence-corrected chi connectivity index (χ2v) is 12.0. The predicted octanol–water partition coefficient (Wildman–Crippen LogP) is 2.98. The highest BCUT2D eigenvalue weighted by atomic mass is 32.2. The maximum absolute atomic E-state index is 12.2. The van der Waals surface area contributed by atoms with Crippen LogP contribution < -0.4 is 15.0 Å². The van der Waals surface area contributed by atoms with Gasteiger partial charge in [0.05, 0.1) is 44.5 Å². The summed E-state index contributed by atoms with van der Waals surface area (Å²) in [5, 5.41) is 2.89. The molecule has 0 radical (unpaired) electrons. The fourth-order valence-corrected chi connectivity index (χ4v) is 4.96. The van der Waals surface area contributed by atoms with Crippen LogP contribution in [0.2, 0.25) is 0 Å². The monoisotopic (exact) mass is 622 g/mol. The molecule has 1 aliphatic carbocycles. The Morgan fingerprint density at radius 2 is 1.70 bits per heavy atom. The van der Waals surface area contributed by atoms with E-state index in [-0.39, 0.29) is 17.8 Å². The molecule has 2 aliphatic rings. The molecular weight excluding hydrogens is 576 g/mol. The number of fused-ring (bicyclic) bond motifs is 2. The zero-order chi connectivity index (χ0) is 31.1. The van der Waals surface area contributed by atoms with Crippen LogP contribution in [0, 0.1) is 0 Å². The lowest BCUT2D eigenvalue weighted by atomic mass is 10.0. The summed E-state index contributed by atoms with van der Waals surface area (Å²) in [6, 6.07) is 5.68. The van der Waals surface area contributed by atoms with E-state index in [0.29, 0.717) is 77.7 Å². The van der Waals surface area contributed by atoms with Gasteiger partial charge in [-0.15, -0.1) is 0 Å². The topological polar surface area (TPSA) is 139 Å². The van der Waals surface area contributed by atoms with Crippen molar-refractivity contribution in [2.45, 2.75) is 38.7 Å². The zero-order valence-corrected chi connectivity index (χ0v) is 26.3. The summed E-state index contributed by atoms with van der Waals surface area (Å²) >= 11 is 0. The smallest absolute Gasteiger partial charge is 0.264 e. The van der Waals surface area contributed by atoms with Gasteiger partial charge in [-0.2, -0.15) is 8.42 Å². The van der Waals surface area contributed by atoms with Crippen molar-refractivity contribution in [2.24, 2.45) is 4.99 Å². The second kappa shape index (κ2) is 18.0. The van der Waals surface area contributed by atoms with Crippen LogP contribution in [0.5, 0.6) is 5.75 Å². The van der Waals surface area contributed by atoms with E-state index in [1.807, 2.05) is 55.4 Å². The van der Waals surface area contributed by atoms with Gasteiger partial charge in [0, 0.05) is 64.2 Å². The molecule has 1 aromatic rings. The fraction of sp³-hybridized carbons (Fsp3) is 0.600. The molecule has 2 N–H and O–H groups in total. The lowest BCUT2D eigenvalue weighted by Crippen LogP contribution is -2.32. The Hall–Kier alpha value is -2.97. The highest BCUT2D eigenvalue weighted by Gasteiger charge is 2.25. The number of nitrogens with one attached hydrogen (secondary N) is 1. The number of hydrogen-bond acceptors (Lipinski definition) is 10. The van der Waals surface area contributed by atoms with Gasteiger partial charge in [-0.3, -0.25) is 9.35 Å². The third-order valence-corrected chi connectivity index (χ3v) is 7.63. The van der Waals surface area contributed by atoms with Gasteiger partial charge < -0.3 is 34.1 Å². The number of benzene rings is 1. The van der Waals surface area contributed by atoms with Crippen molar-refractivity contribution in [3.63, 3.8) is 0 Å². The average molecular weight is 623 g/mol. The highest BCUT2D eigenvalue weighted by Crippen LogP contribution is 2.37. The number of ether oxygens (including phenoxy) is 4. The summed E-state index contributed by atoms with van der Waals surface area (Å²) in [6.45, 7) is 7.03. The Morgan fingerprint density at radius 1 is 1.00 bits per heavy atom. The first-order valence-corrected chi connectivity index (χ1v) is 16.4. The van der Waals surface area contributed by atoms with Crippen LogP contribution in [-0.4, -0.2) is 115 Å². The number of likely N-dealkylation sites (N-methyl/N-ethyl adjacent to an activating group) is 1. The van der Waals surface area contributed by atoms with Gasteiger partial charge in [-0.1, -0.05) is 6.92 Å². The number of allylic oxidation sites excluding steroid dienone is 1. The van der Waals surface area contributed by atoms with Gasteiger partial charge in [-0.25, -0.2) is 4.99 Å². The third kappa shape index (κ3) is 12.7. The normalized spacial score (nSPS) is 15.6. The first-order chi connectivity index (χ1) is 20.7. The van der Waals surface area contributed by atoms with Crippen molar-refractivity contribution in [2.75, 3.05) is 84.0 Å². The van der Waals surface area contributed by atoms with Crippen molar-refractivity contribution in [1.82, 2.24) is 10.2 Å². The molecule has 0 spiro atoms. The summed E-state index contributed by atoms with van der Waals surface area (Å²) in [7, 11) is -0.137. The first kappa shape index (κ1) is 34.5. The molecule has 1 amide bonds. The lowest BCUT2D eigenvalue weighted by molar-refractivity contribution is -0.121. The molecule has 3 rings (SSSR count). The van der Waals surface area contributed by atoms with Crippen LogP contribution in [0.3, 0.4) is 0 Å². The molecule has 240 valence electrons. The summed E-state index contributed by atoms with van der Waals surface area (Å²) < 4.78 is 53.5. The fourth-order valence-electron chi connectivity index (χ4n) is 4.47. The maximum atomic E-state index is 12.2. The molecular formula is C30H46N4O8S. The molecule has 43 heavy (non-hydrogen) atoms. The molecule has 0 saturated carbocycles. The Kier molecular flexibility index (Phi) is 14.4. The number of aliphatic imine (C=N–C) groups is 1. The van der Waals surface area contributed by atoms with Gasteiger partial charge in [0.2, 0.25) is 5.91 Å². The van der Waals surface area contributed by atoms with Crippen LogP contribution in [0.25, 0.3) is 0 Å². The molecule has 1 atom stereocenters. The van der Waals surface area contributed by atoms with E-state index in [2.05, 4.69) is 17.1 Å². The van der Waals surface area contributed by atoms with Gasteiger partial charge in [0.1, 0.15) is 11.4 Å². The van der Waals surface area contributed by atoms with E-state index in [1.165, 1.54) is 0 Å². The average Bonchev–Trinajstić information content (AvgIpc) is 2.97. The molecule has 13 heteroatoms. The number of nitrogens with zero attached hydrogens (tertiary/aromatic N) is 3. The largest absolute Gasteiger partial charge is 0.478 e. The van der Waals surface area contributed by atoms with E-state index in [4.69, 9.17) is 28.5 Å². The van der Waals surface area contributed by atoms with Crippen LogP contribution in [0.1, 0.15) is 32.6 Å². The minimum Gasteiger partial charge on any atom is -0.478 e. The SMILES string of the molecule is CCCOCCOCCOCCNC(=O)CCCN(C)C1=CC2Oc3cc(N(C)CCCS(=O)(=O)O)ccc3N=C2C=C1. The third-order valence-electron chi connectivity index (χ3n) is 6.82. The molecule has 0 bridgehead atoms. The van der Waals surface area contributed by atoms with Crippen molar-refractivity contribution >= 4 is 33.1 Å². The maximum Gasteiger partial charge on any atom is 0.264 e.